The van der Waals surface area contributed by atoms with Crippen LogP contribution in [0.15, 0.2) is 24.3 Å². The van der Waals surface area contributed by atoms with Crippen LogP contribution >= 0.6 is 11.6 Å². The number of aliphatic hydroxyl groups is 1. The molecule has 3 heteroatoms. The van der Waals surface area contributed by atoms with E-state index in [-0.39, 0.29) is 0 Å². The summed E-state index contributed by atoms with van der Waals surface area (Å²) in [5.41, 5.74) is 1.60. The van der Waals surface area contributed by atoms with Crippen molar-refractivity contribution in [3.8, 4) is 0 Å². The maximum absolute atomic E-state index is 9.39. The Hall–Kier alpha value is -0.570. The predicted octanol–water partition coefficient (Wildman–Crippen LogP) is 1.56. The lowest BCUT2D eigenvalue weighted by Gasteiger charge is -2.12. The van der Waals surface area contributed by atoms with Gasteiger partial charge in [-0.15, -0.1) is 0 Å². The highest BCUT2D eigenvalue weighted by atomic mass is 35.5. The van der Waals surface area contributed by atoms with E-state index >= 15 is 0 Å². The van der Waals surface area contributed by atoms with Crippen LogP contribution < -0.4 is 0 Å². The molecule has 1 atom stereocenters. The Labute approximate surface area is 69.4 Å². The van der Waals surface area contributed by atoms with Crippen molar-refractivity contribution in [1.82, 2.24) is 0 Å². The van der Waals surface area contributed by atoms with Gasteiger partial charge in [0, 0.05) is 5.56 Å². The lowest BCUT2D eigenvalue weighted by molar-refractivity contribution is -0.134. The van der Waals surface area contributed by atoms with Gasteiger partial charge >= 0.3 is 0 Å². The first kappa shape index (κ1) is 7.10. The van der Waals surface area contributed by atoms with Crippen LogP contribution in [0.25, 0.3) is 0 Å². The molecule has 2 rings (SSSR count). The molecule has 58 valence electrons. The van der Waals surface area contributed by atoms with Crippen LogP contribution in [0.5, 0.6) is 0 Å². The van der Waals surface area contributed by atoms with E-state index < -0.39 is 5.25 Å². The maximum Gasteiger partial charge on any atom is 0.274 e. The predicted molar refractivity (Wildman–Crippen MR) is 41.0 cm³/mol. The Morgan fingerprint density at radius 1 is 1.45 bits per heavy atom. The molecule has 0 aromatic heterocycles. The second kappa shape index (κ2) is 2.21. The minimum Gasteiger partial charge on any atom is -0.349 e. The summed E-state index contributed by atoms with van der Waals surface area (Å²) in [5.74, 6) is 0. The molecule has 1 heterocycles. The minimum absolute atomic E-state index is 0.385. The number of halogens is 1. The molecular formula is C8H7ClO2. The van der Waals surface area contributed by atoms with E-state index in [1.807, 2.05) is 18.2 Å². The average molecular weight is 171 g/mol. The number of rotatable bonds is 0. The van der Waals surface area contributed by atoms with Crippen molar-refractivity contribution in [1.29, 1.82) is 0 Å². The maximum atomic E-state index is 9.39. The van der Waals surface area contributed by atoms with Crippen LogP contribution in [-0.2, 0) is 16.6 Å². The molecule has 1 aliphatic rings. The second-order valence-corrected chi connectivity index (χ2v) is 3.02. The second-order valence-electron chi connectivity index (χ2n) is 2.51. The van der Waals surface area contributed by atoms with E-state index in [2.05, 4.69) is 0 Å². The molecule has 1 N–H and O–H groups in total. The Morgan fingerprint density at radius 2 is 2.18 bits per heavy atom. The van der Waals surface area contributed by atoms with E-state index in [1.165, 1.54) is 0 Å². The van der Waals surface area contributed by atoms with Crippen molar-refractivity contribution >= 4 is 11.6 Å². The Morgan fingerprint density at radius 3 is 2.91 bits per heavy atom. The van der Waals surface area contributed by atoms with Gasteiger partial charge in [-0.25, -0.2) is 0 Å². The van der Waals surface area contributed by atoms with Crippen molar-refractivity contribution in [2.45, 2.75) is 11.9 Å². The van der Waals surface area contributed by atoms with Crippen LogP contribution in [0.4, 0.5) is 0 Å². The molecule has 0 amide bonds. The van der Waals surface area contributed by atoms with Crippen LogP contribution in [0.2, 0.25) is 0 Å². The monoisotopic (exact) mass is 170 g/mol. The summed E-state index contributed by atoms with van der Waals surface area (Å²) < 4.78 is 4.93. The first-order valence-corrected chi connectivity index (χ1v) is 3.71. The van der Waals surface area contributed by atoms with Gasteiger partial charge in [0.1, 0.15) is 0 Å². The van der Waals surface area contributed by atoms with Crippen molar-refractivity contribution < 1.29 is 9.84 Å². The van der Waals surface area contributed by atoms with Gasteiger partial charge in [0.05, 0.1) is 6.61 Å². The molecule has 0 saturated heterocycles. The molecule has 0 aliphatic carbocycles. The molecular weight excluding hydrogens is 164 g/mol. The number of ether oxygens (including phenoxy) is 1. The smallest absolute Gasteiger partial charge is 0.274 e. The highest BCUT2D eigenvalue weighted by Gasteiger charge is 2.35. The van der Waals surface area contributed by atoms with Crippen molar-refractivity contribution in [3.05, 3.63) is 35.4 Å². The molecule has 0 bridgehead atoms. The Balaban J connectivity index is 2.56. The summed E-state index contributed by atoms with van der Waals surface area (Å²) in [6.07, 6.45) is 0. The standard InChI is InChI=1S/C8H7ClO2/c9-8(10)7-4-2-1-3-6(7)5-11-8/h1-4,10H,5H2. The van der Waals surface area contributed by atoms with Crippen molar-refractivity contribution in [3.63, 3.8) is 0 Å². The molecule has 0 saturated carbocycles. The van der Waals surface area contributed by atoms with Crippen molar-refractivity contribution in [2.75, 3.05) is 0 Å². The van der Waals surface area contributed by atoms with Gasteiger partial charge in [-0.05, 0) is 5.56 Å². The fourth-order valence-electron chi connectivity index (χ4n) is 1.20. The van der Waals surface area contributed by atoms with Crippen LogP contribution in [0, 0.1) is 0 Å². The number of hydrogen-bond donors (Lipinski definition) is 1. The highest BCUT2D eigenvalue weighted by molar-refractivity contribution is 6.22. The third-order valence-corrected chi connectivity index (χ3v) is 2.08. The molecule has 0 fully saturated rings. The lowest BCUT2D eigenvalue weighted by atomic mass is 10.1. The highest BCUT2D eigenvalue weighted by Crippen LogP contribution is 2.36. The quantitative estimate of drug-likeness (QED) is 0.599. The fraction of sp³-hybridized carbons (Fsp3) is 0.250. The normalized spacial score (nSPS) is 28.5. The van der Waals surface area contributed by atoms with Gasteiger partial charge in [0.2, 0.25) is 0 Å². The number of fused-ring (bicyclic) bond motifs is 1. The van der Waals surface area contributed by atoms with Gasteiger partial charge in [0.15, 0.2) is 0 Å². The van der Waals surface area contributed by atoms with Crippen molar-refractivity contribution in [2.24, 2.45) is 0 Å². The van der Waals surface area contributed by atoms with Gasteiger partial charge in [-0.3, -0.25) is 0 Å². The molecule has 1 aromatic carbocycles. The summed E-state index contributed by atoms with van der Waals surface area (Å²) in [4.78, 5) is 0. The summed E-state index contributed by atoms with van der Waals surface area (Å²) in [5, 5.41) is 7.79. The van der Waals surface area contributed by atoms with Crippen LogP contribution in [-0.4, -0.2) is 5.11 Å². The summed E-state index contributed by atoms with van der Waals surface area (Å²) in [7, 11) is 0. The number of alkyl halides is 1. The third-order valence-electron chi connectivity index (χ3n) is 1.77. The Kier molecular flexibility index (Phi) is 1.42. The number of benzene rings is 1. The minimum atomic E-state index is -1.60. The summed E-state index contributed by atoms with van der Waals surface area (Å²) >= 11 is 5.63. The zero-order chi connectivity index (χ0) is 7.90. The van der Waals surface area contributed by atoms with Crippen LogP contribution in [0.3, 0.4) is 0 Å². The molecule has 11 heavy (non-hydrogen) atoms. The average Bonchev–Trinajstić information content (AvgIpc) is 2.29. The van der Waals surface area contributed by atoms with Gasteiger partial charge < -0.3 is 9.84 Å². The van der Waals surface area contributed by atoms with Gasteiger partial charge in [-0.1, -0.05) is 35.9 Å². The van der Waals surface area contributed by atoms with Crippen LogP contribution in [0.1, 0.15) is 11.1 Å². The molecule has 1 aromatic rings. The topological polar surface area (TPSA) is 29.5 Å². The van der Waals surface area contributed by atoms with E-state index in [4.69, 9.17) is 16.3 Å². The fourth-order valence-corrected chi connectivity index (χ4v) is 1.44. The SMILES string of the molecule is OC1(Cl)OCc2ccccc21. The number of hydrogen-bond acceptors (Lipinski definition) is 2. The van der Waals surface area contributed by atoms with Gasteiger partial charge in [0.25, 0.3) is 5.25 Å². The first-order chi connectivity index (χ1) is 5.20. The van der Waals surface area contributed by atoms with E-state index in [1.54, 1.807) is 6.07 Å². The summed E-state index contributed by atoms with van der Waals surface area (Å²) in [6, 6.07) is 7.35. The Bertz CT molecular complexity index is 283. The van der Waals surface area contributed by atoms with E-state index in [0.29, 0.717) is 12.2 Å². The molecule has 1 aliphatic heterocycles. The molecule has 0 spiro atoms. The third kappa shape index (κ3) is 1.03. The lowest BCUT2D eigenvalue weighted by Crippen LogP contribution is -2.14. The van der Waals surface area contributed by atoms with Gasteiger partial charge in [-0.2, -0.15) is 0 Å². The zero-order valence-electron chi connectivity index (χ0n) is 5.75. The first-order valence-electron chi connectivity index (χ1n) is 3.34. The van der Waals surface area contributed by atoms with E-state index in [9.17, 15) is 5.11 Å². The summed E-state index contributed by atoms with van der Waals surface area (Å²) in [6.45, 7) is 0.385. The molecule has 2 nitrogen and oxygen atoms in total. The largest absolute Gasteiger partial charge is 0.349 e. The molecule has 1 unspecified atom stereocenters. The molecule has 0 radical (unpaired) electrons. The van der Waals surface area contributed by atoms with E-state index in [0.717, 1.165) is 5.56 Å². The zero-order valence-corrected chi connectivity index (χ0v) is 6.51.